The summed E-state index contributed by atoms with van der Waals surface area (Å²) < 4.78 is 0. The van der Waals surface area contributed by atoms with E-state index in [0.717, 1.165) is 31.6 Å². The summed E-state index contributed by atoms with van der Waals surface area (Å²) >= 11 is 0. The zero-order valence-electron chi connectivity index (χ0n) is 14.3. The van der Waals surface area contributed by atoms with Crippen molar-refractivity contribution in [2.45, 2.75) is 32.4 Å². The summed E-state index contributed by atoms with van der Waals surface area (Å²) in [7, 11) is 2.10. The van der Waals surface area contributed by atoms with Gasteiger partial charge in [-0.2, -0.15) is 4.80 Å². The second-order valence-corrected chi connectivity index (χ2v) is 6.38. The monoisotopic (exact) mass is 328 g/mol. The van der Waals surface area contributed by atoms with Gasteiger partial charge in [0.25, 0.3) is 0 Å². The van der Waals surface area contributed by atoms with E-state index in [1.54, 1.807) is 4.80 Å². The van der Waals surface area contributed by atoms with Gasteiger partial charge in [0.1, 0.15) is 0 Å². The average molecular weight is 328 g/mol. The Balaban J connectivity index is 1.48. The molecule has 2 aromatic rings. The highest BCUT2D eigenvalue weighted by Crippen LogP contribution is 2.13. The fraction of sp³-hybridized carbons (Fsp3) is 0.529. The lowest BCUT2D eigenvalue weighted by Crippen LogP contribution is -2.52. The quantitative estimate of drug-likeness (QED) is 0.827. The first-order valence-electron chi connectivity index (χ1n) is 8.45. The van der Waals surface area contributed by atoms with Crippen molar-refractivity contribution in [3.8, 4) is 11.4 Å². The van der Waals surface area contributed by atoms with Gasteiger partial charge in [-0.25, -0.2) is 0 Å². The molecular formula is C17H24N6O. The van der Waals surface area contributed by atoms with Gasteiger partial charge in [0, 0.05) is 37.7 Å². The van der Waals surface area contributed by atoms with Gasteiger partial charge in [-0.05, 0) is 25.6 Å². The third kappa shape index (κ3) is 3.97. The third-order valence-electron chi connectivity index (χ3n) is 4.38. The molecule has 0 spiro atoms. The highest BCUT2D eigenvalue weighted by atomic mass is 16.2. The maximum absolute atomic E-state index is 12.4. The van der Waals surface area contributed by atoms with Crippen molar-refractivity contribution >= 4 is 5.91 Å². The van der Waals surface area contributed by atoms with Crippen LogP contribution in [0.4, 0.5) is 0 Å². The van der Waals surface area contributed by atoms with Gasteiger partial charge in [0.2, 0.25) is 11.7 Å². The molecule has 7 nitrogen and oxygen atoms in total. The smallest absolute Gasteiger partial charge is 0.222 e. The van der Waals surface area contributed by atoms with Gasteiger partial charge in [0.15, 0.2) is 0 Å². The number of hydrogen-bond acceptors (Lipinski definition) is 5. The van der Waals surface area contributed by atoms with Crippen molar-refractivity contribution in [3.05, 3.63) is 30.3 Å². The Hall–Kier alpha value is -2.28. The molecule has 1 aliphatic rings. The maximum atomic E-state index is 12.4. The molecule has 2 heterocycles. The number of carbonyl (C=O) groups is 1. The Morgan fingerprint density at radius 1 is 1.25 bits per heavy atom. The van der Waals surface area contributed by atoms with Crippen LogP contribution in [0.15, 0.2) is 30.3 Å². The Labute approximate surface area is 142 Å². The highest BCUT2D eigenvalue weighted by molar-refractivity contribution is 5.76. The molecule has 0 N–H and O–H groups in total. The van der Waals surface area contributed by atoms with Gasteiger partial charge in [-0.3, -0.25) is 4.79 Å². The first-order valence-corrected chi connectivity index (χ1v) is 8.45. The fourth-order valence-electron chi connectivity index (χ4n) is 3.07. The molecule has 0 aliphatic carbocycles. The van der Waals surface area contributed by atoms with E-state index in [9.17, 15) is 4.79 Å². The van der Waals surface area contributed by atoms with Crippen LogP contribution in [-0.2, 0) is 11.3 Å². The minimum absolute atomic E-state index is 0.221. The molecule has 0 unspecified atom stereocenters. The molecule has 1 aromatic carbocycles. The molecule has 0 bridgehead atoms. The molecule has 7 heteroatoms. The second-order valence-electron chi connectivity index (χ2n) is 6.38. The van der Waals surface area contributed by atoms with Crippen LogP contribution in [0.25, 0.3) is 11.4 Å². The number of aromatic nitrogens is 4. The standard InChI is InChI=1S/C17H24N6O/c1-14-13-21(2)11-12-22(14)16(24)9-6-10-23-19-17(18-20-23)15-7-4-3-5-8-15/h3-5,7-8,14H,6,9-13H2,1-2H3/t14-/m0/s1. The van der Waals surface area contributed by atoms with Gasteiger partial charge in [-0.15, -0.1) is 10.2 Å². The predicted octanol–water partition coefficient (Wildman–Crippen LogP) is 1.28. The van der Waals surface area contributed by atoms with E-state index in [1.165, 1.54) is 0 Å². The topological polar surface area (TPSA) is 67.2 Å². The van der Waals surface area contributed by atoms with E-state index in [4.69, 9.17) is 0 Å². The fourth-order valence-corrected chi connectivity index (χ4v) is 3.07. The van der Waals surface area contributed by atoms with E-state index in [0.29, 0.717) is 18.8 Å². The number of rotatable bonds is 5. The lowest BCUT2D eigenvalue weighted by atomic mass is 10.1. The Morgan fingerprint density at radius 3 is 2.79 bits per heavy atom. The Morgan fingerprint density at radius 2 is 2.04 bits per heavy atom. The van der Waals surface area contributed by atoms with Gasteiger partial charge >= 0.3 is 0 Å². The van der Waals surface area contributed by atoms with Crippen molar-refractivity contribution in [1.29, 1.82) is 0 Å². The van der Waals surface area contributed by atoms with Crippen LogP contribution < -0.4 is 0 Å². The number of amides is 1. The number of tetrazole rings is 1. The van der Waals surface area contributed by atoms with Crippen molar-refractivity contribution < 1.29 is 4.79 Å². The SMILES string of the molecule is C[C@H]1CN(C)CCN1C(=O)CCCn1nnc(-c2ccccc2)n1. The largest absolute Gasteiger partial charge is 0.337 e. The maximum Gasteiger partial charge on any atom is 0.222 e. The second kappa shape index (κ2) is 7.53. The predicted molar refractivity (Wildman–Crippen MR) is 91.2 cm³/mol. The summed E-state index contributed by atoms with van der Waals surface area (Å²) in [5.41, 5.74) is 0.950. The normalized spacial score (nSPS) is 18.8. The number of hydrogen-bond donors (Lipinski definition) is 0. The van der Waals surface area contributed by atoms with E-state index in [-0.39, 0.29) is 11.9 Å². The van der Waals surface area contributed by atoms with E-state index in [1.807, 2.05) is 35.2 Å². The van der Waals surface area contributed by atoms with Gasteiger partial charge in [0.05, 0.1) is 6.54 Å². The number of likely N-dealkylation sites (N-methyl/N-ethyl adjacent to an activating group) is 1. The molecule has 1 aliphatic heterocycles. The van der Waals surface area contributed by atoms with Gasteiger partial charge < -0.3 is 9.80 Å². The highest BCUT2D eigenvalue weighted by Gasteiger charge is 2.25. The third-order valence-corrected chi connectivity index (χ3v) is 4.38. The van der Waals surface area contributed by atoms with Crippen molar-refractivity contribution in [2.75, 3.05) is 26.7 Å². The van der Waals surface area contributed by atoms with Crippen LogP contribution in [0, 0.1) is 0 Å². The van der Waals surface area contributed by atoms with Crippen LogP contribution in [0.2, 0.25) is 0 Å². The first kappa shape index (κ1) is 16.6. The molecule has 1 aromatic heterocycles. The lowest BCUT2D eigenvalue weighted by Gasteiger charge is -2.38. The number of aryl methyl sites for hydroxylation is 1. The molecule has 1 saturated heterocycles. The number of nitrogens with zero attached hydrogens (tertiary/aromatic N) is 6. The molecule has 0 saturated carbocycles. The summed E-state index contributed by atoms with van der Waals surface area (Å²) in [5, 5.41) is 12.5. The lowest BCUT2D eigenvalue weighted by molar-refractivity contribution is -0.135. The number of piperazine rings is 1. The average Bonchev–Trinajstić information content (AvgIpc) is 3.04. The van der Waals surface area contributed by atoms with Crippen LogP contribution in [0.3, 0.4) is 0 Å². The molecule has 1 fully saturated rings. The van der Waals surface area contributed by atoms with Crippen LogP contribution in [-0.4, -0.2) is 68.6 Å². The molecule has 1 amide bonds. The Bertz CT molecular complexity index is 671. The van der Waals surface area contributed by atoms with Crippen LogP contribution >= 0.6 is 0 Å². The molecule has 1 atom stereocenters. The van der Waals surface area contributed by atoms with E-state index < -0.39 is 0 Å². The minimum atomic E-state index is 0.221. The summed E-state index contributed by atoms with van der Waals surface area (Å²) in [6.07, 6.45) is 1.25. The number of benzene rings is 1. The molecule has 128 valence electrons. The molecular weight excluding hydrogens is 304 g/mol. The number of carbonyl (C=O) groups excluding carboxylic acids is 1. The minimum Gasteiger partial charge on any atom is -0.337 e. The van der Waals surface area contributed by atoms with Crippen molar-refractivity contribution in [3.63, 3.8) is 0 Å². The zero-order chi connectivity index (χ0) is 16.9. The van der Waals surface area contributed by atoms with Crippen LogP contribution in [0.5, 0.6) is 0 Å². The summed E-state index contributed by atoms with van der Waals surface area (Å²) in [6.45, 7) is 5.42. The summed E-state index contributed by atoms with van der Waals surface area (Å²) in [6, 6.07) is 10.1. The van der Waals surface area contributed by atoms with E-state index >= 15 is 0 Å². The molecule has 0 radical (unpaired) electrons. The summed E-state index contributed by atoms with van der Waals surface area (Å²) in [4.78, 5) is 18.2. The zero-order valence-corrected chi connectivity index (χ0v) is 14.3. The first-order chi connectivity index (χ1) is 11.6. The van der Waals surface area contributed by atoms with Gasteiger partial charge in [-0.1, -0.05) is 30.3 Å². The van der Waals surface area contributed by atoms with Crippen LogP contribution in [0.1, 0.15) is 19.8 Å². The summed E-state index contributed by atoms with van der Waals surface area (Å²) in [5.74, 6) is 0.841. The van der Waals surface area contributed by atoms with Crippen molar-refractivity contribution in [2.24, 2.45) is 0 Å². The van der Waals surface area contributed by atoms with E-state index in [2.05, 4.69) is 34.3 Å². The van der Waals surface area contributed by atoms with Crippen molar-refractivity contribution in [1.82, 2.24) is 30.0 Å². The molecule has 3 rings (SSSR count). The Kier molecular flexibility index (Phi) is 5.20. The molecule has 24 heavy (non-hydrogen) atoms.